The summed E-state index contributed by atoms with van der Waals surface area (Å²) >= 11 is 0. The molecular formula is C59H48N2O6. The van der Waals surface area contributed by atoms with Crippen molar-refractivity contribution in [2.45, 2.75) is 46.5 Å². The van der Waals surface area contributed by atoms with Crippen LogP contribution in [0.2, 0.25) is 0 Å². The zero-order chi connectivity index (χ0) is 45.5. The predicted octanol–water partition coefficient (Wildman–Crippen LogP) is 16.5. The molecule has 0 unspecified atom stereocenters. The average molecular weight is 881 g/mol. The van der Waals surface area contributed by atoms with Crippen LogP contribution in [0.4, 0.5) is 28.4 Å². The van der Waals surface area contributed by atoms with Gasteiger partial charge < -0.3 is 37.6 Å². The van der Waals surface area contributed by atoms with Crippen LogP contribution in [0.15, 0.2) is 167 Å². The van der Waals surface area contributed by atoms with Gasteiger partial charge in [0.25, 0.3) is 0 Å². The molecule has 2 aromatic heterocycles. The Labute approximate surface area is 388 Å². The number of rotatable bonds is 10. The lowest BCUT2D eigenvalue weighted by atomic mass is 10.0. The van der Waals surface area contributed by atoms with Gasteiger partial charge in [-0.05, 0) is 161 Å². The van der Waals surface area contributed by atoms with Crippen LogP contribution in [-0.2, 0) is 0 Å². The van der Waals surface area contributed by atoms with E-state index < -0.39 is 0 Å². The molecule has 0 radical (unpaired) electrons. The number of nitrogens with zero attached hydrogens (tertiary/aromatic N) is 2. The van der Waals surface area contributed by atoms with Crippen LogP contribution in [-0.4, -0.2) is 13.6 Å². The monoisotopic (exact) mass is 880 g/mol. The van der Waals surface area contributed by atoms with E-state index >= 15 is 0 Å². The Balaban J connectivity index is 0.943. The summed E-state index contributed by atoms with van der Waals surface area (Å²) in [6, 6.07) is 49.3. The Hall–Kier alpha value is -8.10. The van der Waals surface area contributed by atoms with Gasteiger partial charge in [0.2, 0.25) is 13.6 Å². The van der Waals surface area contributed by atoms with Gasteiger partial charge in [0.05, 0.1) is 11.4 Å². The molecule has 0 saturated carbocycles. The molecule has 8 heteroatoms. The number of aryl methyl sites for hydroxylation is 1. The Morgan fingerprint density at radius 3 is 1.64 bits per heavy atom. The fourth-order valence-electron chi connectivity index (χ4n) is 9.60. The maximum absolute atomic E-state index is 6.80. The zero-order valence-electron chi connectivity index (χ0n) is 38.1. The third-order valence-electron chi connectivity index (χ3n) is 13.3. The minimum Gasteiger partial charge on any atom is -0.454 e. The molecule has 0 aliphatic carbocycles. The van der Waals surface area contributed by atoms with Crippen molar-refractivity contribution in [3.05, 3.63) is 180 Å². The fourth-order valence-corrected chi connectivity index (χ4v) is 9.60. The number of hydrogen-bond donors (Lipinski definition) is 0. The van der Waals surface area contributed by atoms with Gasteiger partial charge in [-0.3, -0.25) is 0 Å². The number of benzene rings is 8. The molecule has 0 spiro atoms. The van der Waals surface area contributed by atoms with Gasteiger partial charge in [0.15, 0.2) is 34.2 Å². The van der Waals surface area contributed by atoms with Gasteiger partial charge in [-0.2, -0.15) is 0 Å². The third kappa shape index (κ3) is 6.90. The van der Waals surface area contributed by atoms with Crippen molar-refractivity contribution in [1.29, 1.82) is 0 Å². The summed E-state index contributed by atoms with van der Waals surface area (Å²) in [5, 5.41) is 6.25. The van der Waals surface area contributed by atoms with E-state index in [1.807, 2.05) is 30.3 Å². The summed E-state index contributed by atoms with van der Waals surface area (Å²) in [6.45, 7) is 15.7. The van der Waals surface area contributed by atoms with Crippen molar-refractivity contribution in [3.63, 3.8) is 0 Å². The highest BCUT2D eigenvalue weighted by Gasteiger charge is 2.23. The maximum Gasteiger partial charge on any atom is 0.231 e. The van der Waals surface area contributed by atoms with Crippen LogP contribution < -0.4 is 28.7 Å². The Morgan fingerprint density at radius 1 is 0.493 bits per heavy atom. The van der Waals surface area contributed by atoms with Crippen LogP contribution in [0, 0.1) is 6.92 Å². The van der Waals surface area contributed by atoms with Crippen LogP contribution in [0.3, 0.4) is 0 Å². The fraction of sp³-hybridized carbons (Fsp3) is 0.153. The van der Waals surface area contributed by atoms with Crippen LogP contribution in [0.25, 0.3) is 60.7 Å². The van der Waals surface area contributed by atoms with Crippen molar-refractivity contribution in [2.24, 2.45) is 0 Å². The van der Waals surface area contributed by atoms with E-state index in [9.17, 15) is 0 Å². The van der Waals surface area contributed by atoms with Gasteiger partial charge >= 0.3 is 0 Å². The number of fused-ring (bicyclic) bond motifs is 10. The second-order valence-corrected chi connectivity index (χ2v) is 18.1. The van der Waals surface area contributed by atoms with Gasteiger partial charge in [0, 0.05) is 56.4 Å². The summed E-state index contributed by atoms with van der Waals surface area (Å²) in [4.78, 5) is 4.46. The van der Waals surface area contributed by atoms with Gasteiger partial charge in [0.1, 0.15) is 11.2 Å². The molecule has 0 N–H and O–H groups in total. The molecule has 0 saturated heterocycles. The van der Waals surface area contributed by atoms with Gasteiger partial charge in [-0.25, -0.2) is 0 Å². The van der Waals surface area contributed by atoms with E-state index in [4.69, 9.17) is 27.8 Å². The number of hydrogen-bond acceptors (Lipinski definition) is 8. The van der Waals surface area contributed by atoms with E-state index in [0.717, 1.165) is 117 Å². The first-order chi connectivity index (χ1) is 32.7. The molecule has 0 fully saturated rings. The van der Waals surface area contributed by atoms with E-state index in [-0.39, 0.29) is 13.6 Å². The quantitative estimate of drug-likeness (QED) is 0.126. The van der Waals surface area contributed by atoms with Crippen molar-refractivity contribution in [3.8, 4) is 23.0 Å². The molecule has 0 atom stereocenters. The summed E-state index contributed by atoms with van der Waals surface area (Å²) in [5.74, 6) is 3.78. The van der Waals surface area contributed by atoms with Crippen LogP contribution >= 0.6 is 0 Å². The molecular weight excluding hydrogens is 833 g/mol. The number of allylic oxidation sites excluding steroid dienone is 1. The lowest BCUT2D eigenvalue weighted by Crippen LogP contribution is -2.15. The summed E-state index contributed by atoms with van der Waals surface area (Å²) in [6.07, 6.45) is 4.06. The minimum absolute atomic E-state index is 0.207. The first-order valence-corrected chi connectivity index (χ1v) is 22.9. The van der Waals surface area contributed by atoms with E-state index in [1.54, 1.807) is 0 Å². The molecule has 0 amide bonds. The van der Waals surface area contributed by atoms with Gasteiger partial charge in [-0.15, -0.1) is 0 Å². The molecule has 4 heterocycles. The molecule has 330 valence electrons. The summed E-state index contributed by atoms with van der Waals surface area (Å²) < 4.78 is 36.6. The average Bonchev–Trinajstić information content (AvgIpc) is 4.16. The van der Waals surface area contributed by atoms with Crippen molar-refractivity contribution in [1.82, 2.24) is 0 Å². The summed E-state index contributed by atoms with van der Waals surface area (Å²) in [5.41, 5.74) is 13.6. The molecule has 12 rings (SSSR count). The lowest BCUT2D eigenvalue weighted by molar-refractivity contribution is 0.173. The SMILES string of the molecule is C=C/C(=C\c1cc2oc3c(ccc4c5cc6ccc(N(c7ccc(C(C)C)cc7)c7ccc8c(c7)OCO8)cc6cc5oc43)c2cc1C)N(c1ccc(C(C)C)cc1)c1ccc2c(c1)OCO2. The molecule has 10 aromatic rings. The first kappa shape index (κ1) is 40.4. The third-order valence-corrected chi connectivity index (χ3v) is 13.3. The Kier molecular flexibility index (Phi) is 9.53. The number of ether oxygens (including phenoxy) is 4. The second kappa shape index (κ2) is 15.8. The molecule has 2 aliphatic rings. The van der Waals surface area contributed by atoms with E-state index in [0.29, 0.717) is 17.6 Å². The minimum atomic E-state index is 0.207. The second-order valence-electron chi connectivity index (χ2n) is 18.1. The first-order valence-electron chi connectivity index (χ1n) is 22.9. The van der Waals surface area contributed by atoms with Crippen LogP contribution in [0.1, 0.15) is 61.8 Å². The number of anilines is 5. The van der Waals surface area contributed by atoms with Crippen molar-refractivity contribution in [2.75, 3.05) is 23.4 Å². The standard InChI is InChI=1S/C59H48N2O6/c1-7-42(60(43-13-8-37(9-14-43)34(2)3)46-18-22-52-56(30-46)64-32-62-52)25-40-28-54-50(24-36(40)6)48-20-21-49-51-27-39-12-17-45(26-41(39)29-55(51)67-59(49)58(48)66-54)61(44-15-10-38(11-16-44)35(4)5)47-19-23-53-57(31-47)65-33-63-53/h7-31,34-35H,1,32-33H2,2-6H3/b42-25+. The predicted molar refractivity (Wildman–Crippen MR) is 272 cm³/mol. The Morgan fingerprint density at radius 2 is 1.01 bits per heavy atom. The highest BCUT2D eigenvalue weighted by molar-refractivity contribution is 6.20. The lowest BCUT2D eigenvalue weighted by Gasteiger charge is -2.27. The molecule has 67 heavy (non-hydrogen) atoms. The molecule has 8 aromatic carbocycles. The van der Waals surface area contributed by atoms with Crippen molar-refractivity contribution < 1.29 is 27.8 Å². The summed E-state index contributed by atoms with van der Waals surface area (Å²) in [7, 11) is 0. The molecule has 8 nitrogen and oxygen atoms in total. The normalized spacial score (nSPS) is 13.3. The largest absolute Gasteiger partial charge is 0.454 e. The van der Waals surface area contributed by atoms with E-state index in [1.165, 1.54) is 11.1 Å². The highest BCUT2D eigenvalue weighted by Crippen LogP contribution is 2.45. The maximum atomic E-state index is 6.80. The van der Waals surface area contributed by atoms with E-state index in [2.05, 4.69) is 172 Å². The topological polar surface area (TPSA) is 69.7 Å². The highest BCUT2D eigenvalue weighted by atomic mass is 16.7. The smallest absolute Gasteiger partial charge is 0.231 e. The number of furan rings is 2. The Bertz CT molecular complexity index is 3630. The molecule has 0 bridgehead atoms. The van der Waals surface area contributed by atoms with Crippen molar-refractivity contribution >= 4 is 89.2 Å². The van der Waals surface area contributed by atoms with Gasteiger partial charge in [-0.1, -0.05) is 64.6 Å². The van der Waals surface area contributed by atoms with Crippen LogP contribution in [0.5, 0.6) is 23.0 Å². The zero-order valence-corrected chi connectivity index (χ0v) is 38.1. The molecule has 2 aliphatic heterocycles.